The van der Waals surface area contributed by atoms with E-state index in [2.05, 4.69) is 22.8 Å². The summed E-state index contributed by atoms with van der Waals surface area (Å²) < 4.78 is 38.4. The molecule has 5 rings (SSSR count). The van der Waals surface area contributed by atoms with Crippen LogP contribution in [-0.4, -0.2) is 58.4 Å². The first-order valence-corrected chi connectivity index (χ1v) is 18.7. The summed E-state index contributed by atoms with van der Waals surface area (Å²) in [5, 5.41) is 6.71. The Hall–Kier alpha value is -4.35. The van der Waals surface area contributed by atoms with Crippen molar-refractivity contribution in [1.29, 1.82) is 0 Å². The van der Waals surface area contributed by atoms with Crippen LogP contribution in [-0.2, 0) is 27.3 Å². The second-order valence-electron chi connectivity index (χ2n) is 14.5. The molecule has 2 atom stereocenters. The van der Waals surface area contributed by atoms with Crippen molar-refractivity contribution in [3.05, 3.63) is 118 Å². The molecule has 0 spiro atoms. The molecule has 0 radical (unpaired) electrons. The number of para-hydroxylation sites is 1. The van der Waals surface area contributed by atoms with Gasteiger partial charge in [0.05, 0.1) is 27.2 Å². The van der Waals surface area contributed by atoms with E-state index in [-0.39, 0.29) is 36.7 Å². The number of hydrogen-bond donors (Lipinski definition) is 2. The van der Waals surface area contributed by atoms with Crippen molar-refractivity contribution < 1.29 is 32.9 Å². The molecule has 1 heterocycles. The fraction of sp³-hybridized carbons (Fsp3) is 0.395. The highest BCUT2D eigenvalue weighted by molar-refractivity contribution is 6.30. The predicted molar refractivity (Wildman–Crippen MR) is 217 cm³/mol. The van der Waals surface area contributed by atoms with Crippen molar-refractivity contribution in [2.45, 2.75) is 65.2 Å². The zero-order valence-corrected chi connectivity index (χ0v) is 33.7. The van der Waals surface area contributed by atoms with Crippen LogP contribution in [0.2, 0.25) is 5.02 Å². The lowest BCUT2D eigenvalue weighted by molar-refractivity contribution is -0.138. The number of anilines is 1. The zero-order valence-electron chi connectivity index (χ0n) is 32.2. The molecule has 4 aromatic carbocycles. The van der Waals surface area contributed by atoms with E-state index in [9.17, 15) is 14.0 Å². The molecule has 1 aliphatic rings. The molecule has 0 aromatic heterocycles. The molecule has 2 N–H and O–H groups in total. The largest absolute Gasteiger partial charge is 0.497 e. The molecule has 0 unspecified atom stereocenters. The number of ether oxygens (including phenoxy) is 4. The van der Waals surface area contributed by atoms with Gasteiger partial charge in [-0.1, -0.05) is 74.8 Å². The normalized spacial score (nSPS) is 15.4. The molecule has 0 bridgehead atoms. The summed E-state index contributed by atoms with van der Waals surface area (Å²) in [5.74, 6) is 0.613. The van der Waals surface area contributed by atoms with Crippen LogP contribution in [0.25, 0.3) is 0 Å². The molecule has 296 valence electrons. The molecular weight excluding hydrogens is 744 g/mol. The molecule has 12 heteroatoms. The number of carbonyl (C=O) groups is 2. The second kappa shape index (κ2) is 20.5. The van der Waals surface area contributed by atoms with Gasteiger partial charge in [-0.05, 0) is 85.8 Å². The summed E-state index contributed by atoms with van der Waals surface area (Å²) in [6, 6.07) is 25.3. The maximum absolute atomic E-state index is 14.4. The molecule has 0 fully saturated rings. The number of fused-ring (bicyclic) bond motifs is 1. The number of methoxy groups -OCH3 is 2. The van der Waals surface area contributed by atoms with Crippen LogP contribution in [0.4, 0.5) is 10.1 Å². The van der Waals surface area contributed by atoms with Crippen LogP contribution >= 0.6 is 24.0 Å². The summed E-state index contributed by atoms with van der Waals surface area (Å²) in [7, 11) is 3.23. The number of aryl methyl sites for hydroxylation is 1. The Morgan fingerprint density at radius 3 is 2.38 bits per heavy atom. The lowest BCUT2D eigenvalue weighted by Crippen LogP contribution is -2.45. The van der Waals surface area contributed by atoms with Crippen LogP contribution in [0.1, 0.15) is 68.4 Å². The monoisotopic (exact) mass is 795 g/mol. The first-order chi connectivity index (χ1) is 26.0. The Kier molecular flexibility index (Phi) is 16.2. The van der Waals surface area contributed by atoms with Crippen LogP contribution in [0.3, 0.4) is 0 Å². The van der Waals surface area contributed by atoms with E-state index in [1.54, 1.807) is 49.5 Å². The van der Waals surface area contributed by atoms with Gasteiger partial charge >= 0.3 is 0 Å². The lowest BCUT2D eigenvalue weighted by atomic mass is 9.94. The third kappa shape index (κ3) is 12.1. The fourth-order valence-corrected chi connectivity index (χ4v) is 6.63. The minimum atomic E-state index is -1.17. The average molecular weight is 797 g/mol. The number of rotatable bonds is 17. The van der Waals surface area contributed by atoms with E-state index in [4.69, 9.17) is 30.5 Å². The Labute approximate surface area is 335 Å². The molecule has 9 nitrogen and oxygen atoms in total. The van der Waals surface area contributed by atoms with Gasteiger partial charge < -0.3 is 34.5 Å². The quantitative estimate of drug-likeness (QED) is 0.104. The van der Waals surface area contributed by atoms with Crippen molar-refractivity contribution in [3.63, 3.8) is 0 Å². The van der Waals surface area contributed by atoms with E-state index in [1.807, 2.05) is 57.2 Å². The summed E-state index contributed by atoms with van der Waals surface area (Å²) in [5.41, 5.74) is 3.23. The SMILES string of the molecule is COc1ccc(CCCNCCCOc2cccc([C@H]3O[C@H](CC(=O)NCc4ccccc4F)C(=O)N(CC(C)(C)C)c4ccc(Cl)cc43)c2OC)cc1.Cl. The fourth-order valence-electron chi connectivity index (χ4n) is 6.44. The minimum absolute atomic E-state index is 0. The third-order valence-electron chi connectivity index (χ3n) is 9.07. The standard InChI is InChI=1S/C43H51ClFN3O6.ClH/c1-43(2,3)28-48-36-21-18-31(44)25-34(36)40(54-38(42(48)50)26-39(49)47-27-30-12-6-7-14-35(30)45)33-13-8-15-37(41(33)52-5)53-24-10-23-46-22-9-11-29-16-19-32(51-4)20-17-29;/h6-8,12-21,25,38,40,46H,9-11,22-24,26-28H2,1-5H3,(H,47,49);1H/t38-,40-;/m1./s1. The highest BCUT2D eigenvalue weighted by Gasteiger charge is 2.40. The highest BCUT2D eigenvalue weighted by Crippen LogP contribution is 2.45. The summed E-state index contributed by atoms with van der Waals surface area (Å²) in [4.78, 5) is 29.4. The Bertz CT molecular complexity index is 1870. The van der Waals surface area contributed by atoms with Gasteiger partial charge in [-0.2, -0.15) is 0 Å². The smallest absolute Gasteiger partial charge is 0.256 e. The van der Waals surface area contributed by atoms with Gasteiger partial charge in [-0.25, -0.2) is 4.39 Å². The van der Waals surface area contributed by atoms with Gasteiger partial charge in [-0.3, -0.25) is 9.59 Å². The Balaban J connectivity index is 0.00000673. The van der Waals surface area contributed by atoms with Crippen LogP contribution in [0.5, 0.6) is 17.2 Å². The van der Waals surface area contributed by atoms with Crippen molar-refractivity contribution in [1.82, 2.24) is 10.6 Å². The summed E-state index contributed by atoms with van der Waals surface area (Å²) in [6.07, 6.45) is 0.470. The van der Waals surface area contributed by atoms with E-state index < -0.39 is 23.9 Å². The van der Waals surface area contributed by atoms with Crippen LogP contribution in [0.15, 0.2) is 84.9 Å². The minimum Gasteiger partial charge on any atom is -0.497 e. The molecule has 0 aliphatic carbocycles. The van der Waals surface area contributed by atoms with E-state index in [0.717, 1.165) is 38.1 Å². The number of carbonyl (C=O) groups excluding carboxylic acids is 2. The maximum atomic E-state index is 14.4. The van der Waals surface area contributed by atoms with E-state index in [0.29, 0.717) is 52.1 Å². The highest BCUT2D eigenvalue weighted by atomic mass is 35.5. The van der Waals surface area contributed by atoms with Gasteiger partial charge in [-0.15, -0.1) is 12.4 Å². The number of amides is 2. The van der Waals surface area contributed by atoms with Crippen molar-refractivity contribution in [2.24, 2.45) is 5.41 Å². The van der Waals surface area contributed by atoms with E-state index in [1.165, 1.54) is 11.6 Å². The average Bonchev–Trinajstić information content (AvgIpc) is 3.25. The topological polar surface area (TPSA) is 98.4 Å². The van der Waals surface area contributed by atoms with Crippen molar-refractivity contribution >= 4 is 41.5 Å². The molecule has 1 aliphatic heterocycles. The number of hydrogen-bond acceptors (Lipinski definition) is 7. The maximum Gasteiger partial charge on any atom is 0.256 e. The molecule has 0 saturated carbocycles. The van der Waals surface area contributed by atoms with Gasteiger partial charge in [0.15, 0.2) is 11.5 Å². The Morgan fingerprint density at radius 2 is 1.67 bits per heavy atom. The first-order valence-electron chi connectivity index (χ1n) is 18.4. The Morgan fingerprint density at radius 1 is 0.927 bits per heavy atom. The number of nitrogens with one attached hydrogen (secondary N) is 2. The number of halogens is 3. The van der Waals surface area contributed by atoms with Crippen molar-refractivity contribution in [3.8, 4) is 17.2 Å². The molecule has 0 saturated heterocycles. The van der Waals surface area contributed by atoms with Gasteiger partial charge in [0.2, 0.25) is 5.91 Å². The number of benzene rings is 4. The number of nitrogens with zero attached hydrogens (tertiary/aromatic N) is 1. The van der Waals surface area contributed by atoms with Gasteiger partial charge in [0, 0.05) is 40.5 Å². The first kappa shape index (κ1) is 43.4. The van der Waals surface area contributed by atoms with Crippen LogP contribution < -0.4 is 29.7 Å². The second-order valence-corrected chi connectivity index (χ2v) is 15.0. The molecule has 4 aromatic rings. The van der Waals surface area contributed by atoms with Gasteiger partial charge in [0.25, 0.3) is 5.91 Å². The summed E-state index contributed by atoms with van der Waals surface area (Å²) >= 11 is 6.59. The van der Waals surface area contributed by atoms with Crippen LogP contribution in [0, 0.1) is 11.2 Å². The third-order valence-corrected chi connectivity index (χ3v) is 9.31. The molecular formula is C43H52Cl2FN3O6. The van der Waals surface area contributed by atoms with E-state index >= 15 is 0 Å². The van der Waals surface area contributed by atoms with Gasteiger partial charge in [0.1, 0.15) is 23.8 Å². The lowest BCUT2D eigenvalue weighted by Gasteiger charge is -2.31. The zero-order chi connectivity index (χ0) is 38.7. The predicted octanol–water partition coefficient (Wildman–Crippen LogP) is 8.48. The summed E-state index contributed by atoms with van der Waals surface area (Å²) in [6.45, 7) is 8.57. The molecule has 55 heavy (non-hydrogen) atoms. The van der Waals surface area contributed by atoms with Crippen molar-refractivity contribution in [2.75, 3.05) is 45.4 Å². The molecule has 2 amide bonds.